The number of carbonyl (C=O) groups is 1. The Morgan fingerprint density at radius 3 is 2.81 bits per heavy atom. The Balaban J connectivity index is 1.75. The molecule has 2 rings (SSSR count). The number of nitrogens with zero attached hydrogens (tertiary/aromatic N) is 2. The highest BCUT2D eigenvalue weighted by Gasteiger charge is 2.29. The second-order valence-electron chi connectivity index (χ2n) is 5.70. The van der Waals surface area contributed by atoms with Gasteiger partial charge in [0.2, 0.25) is 5.13 Å². The molecular formula is C14H24N4O2S. The molecule has 0 saturated heterocycles. The highest BCUT2D eigenvalue weighted by Crippen LogP contribution is 2.27. The summed E-state index contributed by atoms with van der Waals surface area (Å²) >= 11 is 1.41. The van der Waals surface area contributed by atoms with Crippen LogP contribution in [0.3, 0.4) is 0 Å². The van der Waals surface area contributed by atoms with Crippen LogP contribution in [0.2, 0.25) is 0 Å². The van der Waals surface area contributed by atoms with Crippen molar-refractivity contribution in [3.05, 3.63) is 5.01 Å². The van der Waals surface area contributed by atoms with Gasteiger partial charge < -0.3 is 10.4 Å². The minimum absolute atomic E-state index is 0.292. The summed E-state index contributed by atoms with van der Waals surface area (Å²) in [6.07, 6.45) is 7.82. The molecule has 1 aromatic rings. The van der Waals surface area contributed by atoms with E-state index < -0.39 is 5.60 Å². The largest absolute Gasteiger partial charge is 0.388 e. The Kier molecular flexibility index (Phi) is 5.93. The maximum atomic E-state index is 11.8. The normalized spacial score (nSPS) is 17.4. The number of urea groups is 1. The molecule has 1 aliphatic rings. The zero-order valence-corrected chi connectivity index (χ0v) is 13.3. The zero-order chi connectivity index (χ0) is 15.1. The van der Waals surface area contributed by atoms with Crippen molar-refractivity contribution in [3.8, 4) is 0 Å². The third kappa shape index (κ3) is 5.24. The standard InChI is InChI=1S/C14H24N4O2S/c1-2-3-7-11-17-18-13(21-11)16-12(19)15-10-14(20)8-5-4-6-9-14/h20H,2-10H2,1H3,(H2,15,16,18,19). The predicted molar refractivity (Wildman–Crippen MR) is 83.6 cm³/mol. The Morgan fingerprint density at radius 1 is 1.33 bits per heavy atom. The summed E-state index contributed by atoms with van der Waals surface area (Å²) < 4.78 is 0. The van der Waals surface area contributed by atoms with E-state index in [-0.39, 0.29) is 6.03 Å². The van der Waals surface area contributed by atoms with E-state index in [1.807, 2.05) is 0 Å². The average molecular weight is 312 g/mol. The van der Waals surface area contributed by atoms with E-state index in [9.17, 15) is 9.90 Å². The van der Waals surface area contributed by atoms with Gasteiger partial charge in [0.25, 0.3) is 0 Å². The number of hydrogen-bond acceptors (Lipinski definition) is 5. The maximum absolute atomic E-state index is 11.8. The summed E-state index contributed by atoms with van der Waals surface area (Å²) in [5.74, 6) is 0. The number of aliphatic hydroxyl groups is 1. The highest BCUT2D eigenvalue weighted by atomic mass is 32.1. The van der Waals surface area contributed by atoms with Gasteiger partial charge in [-0.15, -0.1) is 10.2 Å². The van der Waals surface area contributed by atoms with Crippen LogP contribution in [0.4, 0.5) is 9.93 Å². The number of rotatable bonds is 6. The highest BCUT2D eigenvalue weighted by molar-refractivity contribution is 7.15. The molecule has 1 fully saturated rings. The molecule has 1 aliphatic carbocycles. The summed E-state index contributed by atoms with van der Waals surface area (Å²) in [5, 5.41) is 25.2. The van der Waals surface area contributed by atoms with Gasteiger partial charge in [-0.1, -0.05) is 43.9 Å². The van der Waals surface area contributed by atoms with E-state index >= 15 is 0 Å². The van der Waals surface area contributed by atoms with E-state index in [0.29, 0.717) is 11.7 Å². The first kappa shape index (κ1) is 16.2. The van der Waals surface area contributed by atoms with Gasteiger partial charge in [0.15, 0.2) is 0 Å². The minimum Gasteiger partial charge on any atom is -0.388 e. The topological polar surface area (TPSA) is 87.1 Å². The van der Waals surface area contributed by atoms with Gasteiger partial charge in [0, 0.05) is 13.0 Å². The molecular weight excluding hydrogens is 288 g/mol. The summed E-state index contributed by atoms with van der Waals surface area (Å²) in [7, 11) is 0. The number of amides is 2. The monoisotopic (exact) mass is 312 g/mol. The molecule has 6 nitrogen and oxygen atoms in total. The SMILES string of the molecule is CCCCc1nnc(NC(=O)NCC2(O)CCCCC2)s1. The second-order valence-corrected chi connectivity index (χ2v) is 6.76. The number of nitrogens with one attached hydrogen (secondary N) is 2. The fourth-order valence-corrected chi connectivity index (χ4v) is 3.28. The number of unbranched alkanes of at least 4 members (excludes halogenated alkanes) is 1. The number of carbonyl (C=O) groups excluding carboxylic acids is 1. The number of anilines is 1. The van der Waals surface area contributed by atoms with Crippen LogP contribution < -0.4 is 10.6 Å². The third-order valence-electron chi connectivity index (χ3n) is 3.79. The fraction of sp³-hybridized carbons (Fsp3) is 0.786. The van der Waals surface area contributed by atoms with Crippen molar-refractivity contribution in [1.82, 2.24) is 15.5 Å². The number of aryl methyl sites for hydroxylation is 1. The van der Waals surface area contributed by atoms with Crippen molar-refractivity contribution in [2.75, 3.05) is 11.9 Å². The second kappa shape index (κ2) is 7.70. The lowest BCUT2D eigenvalue weighted by Crippen LogP contribution is -2.45. The fourth-order valence-electron chi connectivity index (χ4n) is 2.51. The van der Waals surface area contributed by atoms with Crippen molar-refractivity contribution in [2.45, 2.75) is 63.9 Å². The van der Waals surface area contributed by atoms with Crippen LogP contribution in [0.15, 0.2) is 0 Å². The molecule has 118 valence electrons. The molecule has 0 unspecified atom stereocenters. The van der Waals surface area contributed by atoms with Crippen molar-refractivity contribution in [3.63, 3.8) is 0 Å². The lowest BCUT2D eigenvalue weighted by Gasteiger charge is -2.31. The van der Waals surface area contributed by atoms with Crippen LogP contribution in [-0.4, -0.2) is 33.5 Å². The van der Waals surface area contributed by atoms with Gasteiger partial charge in [-0.2, -0.15) is 0 Å². The molecule has 0 bridgehead atoms. The van der Waals surface area contributed by atoms with Crippen LogP contribution in [-0.2, 0) is 6.42 Å². The molecule has 0 radical (unpaired) electrons. The predicted octanol–water partition coefficient (Wildman–Crippen LogP) is 2.70. The van der Waals surface area contributed by atoms with E-state index in [4.69, 9.17) is 0 Å². The zero-order valence-electron chi connectivity index (χ0n) is 12.5. The van der Waals surface area contributed by atoms with Gasteiger partial charge in [-0.3, -0.25) is 5.32 Å². The Hall–Kier alpha value is -1.21. The molecule has 2 amide bonds. The Morgan fingerprint density at radius 2 is 2.10 bits per heavy atom. The number of hydrogen-bond donors (Lipinski definition) is 3. The Labute approximate surface area is 129 Å². The molecule has 7 heteroatoms. The van der Waals surface area contributed by atoms with Crippen molar-refractivity contribution < 1.29 is 9.90 Å². The lowest BCUT2D eigenvalue weighted by atomic mass is 9.85. The summed E-state index contributed by atoms with van der Waals surface area (Å²) in [4.78, 5) is 11.8. The van der Waals surface area contributed by atoms with E-state index in [1.165, 1.54) is 17.8 Å². The lowest BCUT2D eigenvalue weighted by molar-refractivity contribution is 0.00755. The van der Waals surface area contributed by atoms with Crippen molar-refractivity contribution in [2.24, 2.45) is 0 Å². The van der Waals surface area contributed by atoms with Crippen molar-refractivity contribution in [1.29, 1.82) is 0 Å². The smallest absolute Gasteiger partial charge is 0.321 e. The van der Waals surface area contributed by atoms with Gasteiger partial charge in [0.05, 0.1) is 5.60 Å². The van der Waals surface area contributed by atoms with Crippen molar-refractivity contribution >= 4 is 22.5 Å². The third-order valence-corrected chi connectivity index (χ3v) is 4.69. The minimum atomic E-state index is -0.747. The first-order valence-electron chi connectivity index (χ1n) is 7.71. The molecule has 1 heterocycles. The molecule has 0 aliphatic heterocycles. The average Bonchev–Trinajstić information content (AvgIpc) is 2.91. The maximum Gasteiger partial charge on any atom is 0.321 e. The quantitative estimate of drug-likeness (QED) is 0.753. The van der Waals surface area contributed by atoms with Gasteiger partial charge in [-0.25, -0.2) is 4.79 Å². The van der Waals surface area contributed by atoms with Crippen LogP contribution in [0.1, 0.15) is 56.9 Å². The van der Waals surface area contributed by atoms with Crippen LogP contribution in [0.25, 0.3) is 0 Å². The molecule has 0 spiro atoms. The molecule has 0 atom stereocenters. The first-order chi connectivity index (χ1) is 10.1. The van der Waals surface area contributed by atoms with Crippen LogP contribution >= 0.6 is 11.3 Å². The van der Waals surface area contributed by atoms with Crippen LogP contribution in [0, 0.1) is 0 Å². The van der Waals surface area contributed by atoms with Crippen LogP contribution in [0.5, 0.6) is 0 Å². The molecule has 0 aromatic carbocycles. The summed E-state index contributed by atoms with van der Waals surface area (Å²) in [6, 6.07) is -0.327. The van der Waals surface area contributed by atoms with E-state index in [0.717, 1.165) is 50.0 Å². The van der Waals surface area contributed by atoms with Gasteiger partial charge >= 0.3 is 6.03 Å². The molecule has 21 heavy (non-hydrogen) atoms. The summed E-state index contributed by atoms with van der Waals surface area (Å²) in [6.45, 7) is 2.42. The van der Waals surface area contributed by atoms with E-state index in [2.05, 4.69) is 27.8 Å². The Bertz CT molecular complexity index is 458. The molecule has 1 aromatic heterocycles. The molecule has 3 N–H and O–H groups in total. The van der Waals surface area contributed by atoms with E-state index in [1.54, 1.807) is 0 Å². The van der Waals surface area contributed by atoms with Gasteiger partial charge in [0.1, 0.15) is 5.01 Å². The van der Waals surface area contributed by atoms with Gasteiger partial charge in [-0.05, 0) is 19.3 Å². The first-order valence-corrected chi connectivity index (χ1v) is 8.52. The summed E-state index contributed by atoms with van der Waals surface area (Å²) in [5.41, 5.74) is -0.747. The number of aromatic nitrogens is 2. The molecule has 1 saturated carbocycles.